The highest BCUT2D eigenvalue weighted by Gasteiger charge is 2.35. The number of carbonyl (C=O) groups is 2. The van der Waals surface area contributed by atoms with Crippen LogP contribution in [0.5, 0.6) is 0 Å². The quantitative estimate of drug-likeness (QED) is 0.698. The van der Waals surface area contributed by atoms with Gasteiger partial charge in [-0.05, 0) is 57.8 Å². The molecule has 108 valence electrons. The van der Waals surface area contributed by atoms with Crippen molar-refractivity contribution in [2.24, 2.45) is 23.7 Å². The average Bonchev–Trinajstić information content (AvgIpc) is 2.35. The SMILES string of the molecule is C/C=C1/C(C(C)C(C)=O)CC[C@@H](C)[C@@H]1CCC(C)=O. The molecule has 2 heteroatoms. The first-order valence-corrected chi connectivity index (χ1v) is 7.54. The zero-order valence-electron chi connectivity index (χ0n) is 13.0. The van der Waals surface area contributed by atoms with E-state index in [1.165, 1.54) is 12.0 Å². The Kier molecular flexibility index (Phi) is 5.96. The van der Waals surface area contributed by atoms with Gasteiger partial charge >= 0.3 is 0 Å². The molecule has 1 rings (SSSR count). The third kappa shape index (κ3) is 4.02. The molecule has 0 heterocycles. The van der Waals surface area contributed by atoms with E-state index in [1.807, 2.05) is 0 Å². The van der Waals surface area contributed by atoms with E-state index in [4.69, 9.17) is 0 Å². The summed E-state index contributed by atoms with van der Waals surface area (Å²) < 4.78 is 0. The summed E-state index contributed by atoms with van der Waals surface area (Å²) in [5.74, 6) is 2.15. The van der Waals surface area contributed by atoms with Gasteiger partial charge in [0.1, 0.15) is 11.6 Å². The third-order valence-electron chi connectivity index (χ3n) is 4.86. The van der Waals surface area contributed by atoms with Crippen molar-refractivity contribution in [2.75, 3.05) is 0 Å². The van der Waals surface area contributed by atoms with Crippen LogP contribution in [0, 0.1) is 23.7 Å². The summed E-state index contributed by atoms with van der Waals surface area (Å²) >= 11 is 0. The first kappa shape index (κ1) is 16.1. The molecule has 0 saturated heterocycles. The second-order valence-electron chi connectivity index (χ2n) is 6.20. The largest absolute Gasteiger partial charge is 0.300 e. The van der Waals surface area contributed by atoms with Gasteiger partial charge in [-0.25, -0.2) is 0 Å². The molecule has 0 aromatic rings. The Morgan fingerprint density at radius 3 is 2.42 bits per heavy atom. The zero-order valence-corrected chi connectivity index (χ0v) is 13.0. The van der Waals surface area contributed by atoms with E-state index in [-0.39, 0.29) is 17.5 Å². The zero-order chi connectivity index (χ0) is 14.6. The van der Waals surface area contributed by atoms with Crippen molar-refractivity contribution in [3.63, 3.8) is 0 Å². The van der Waals surface area contributed by atoms with Gasteiger partial charge in [0.05, 0.1) is 0 Å². The fraction of sp³-hybridized carbons (Fsp3) is 0.765. The van der Waals surface area contributed by atoms with Crippen LogP contribution in [-0.2, 0) is 9.59 Å². The summed E-state index contributed by atoms with van der Waals surface area (Å²) in [6.07, 6.45) is 6.08. The molecular weight excluding hydrogens is 236 g/mol. The van der Waals surface area contributed by atoms with Crippen LogP contribution in [0.15, 0.2) is 11.6 Å². The van der Waals surface area contributed by atoms with Crippen LogP contribution >= 0.6 is 0 Å². The average molecular weight is 264 g/mol. The number of hydrogen-bond acceptors (Lipinski definition) is 2. The van der Waals surface area contributed by atoms with Crippen LogP contribution in [0.4, 0.5) is 0 Å². The van der Waals surface area contributed by atoms with Gasteiger partial charge in [0.25, 0.3) is 0 Å². The summed E-state index contributed by atoms with van der Waals surface area (Å²) in [4.78, 5) is 22.9. The Bertz CT molecular complexity index is 367. The van der Waals surface area contributed by atoms with Gasteiger partial charge in [-0.15, -0.1) is 0 Å². The van der Waals surface area contributed by atoms with Crippen LogP contribution in [0.3, 0.4) is 0 Å². The van der Waals surface area contributed by atoms with E-state index in [9.17, 15) is 9.59 Å². The fourth-order valence-corrected chi connectivity index (χ4v) is 3.47. The lowest BCUT2D eigenvalue weighted by molar-refractivity contribution is -0.122. The van der Waals surface area contributed by atoms with Crippen LogP contribution in [0.25, 0.3) is 0 Å². The van der Waals surface area contributed by atoms with Gasteiger partial charge in [-0.3, -0.25) is 4.79 Å². The van der Waals surface area contributed by atoms with Crippen molar-refractivity contribution >= 4 is 11.6 Å². The van der Waals surface area contributed by atoms with Crippen LogP contribution < -0.4 is 0 Å². The summed E-state index contributed by atoms with van der Waals surface area (Å²) in [6.45, 7) is 9.77. The number of Topliss-reactive ketones (excluding diaryl/α,β-unsaturated/α-hetero) is 2. The number of allylic oxidation sites excluding steroid dienone is 2. The van der Waals surface area contributed by atoms with Crippen molar-refractivity contribution in [2.45, 2.75) is 60.3 Å². The predicted octanol–water partition coefficient (Wildman–Crippen LogP) is 4.19. The lowest BCUT2D eigenvalue weighted by Gasteiger charge is -2.39. The molecule has 2 unspecified atom stereocenters. The first-order valence-electron chi connectivity index (χ1n) is 7.54. The first-order chi connectivity index (χ1) is 8.88. The second kappa shape index (κ2) is 7.02. The minimum Gasteiger partial charge on any atom is -0.300 e. The van der Waals surface area contributed by atoms with E-state index in [0.717, 1.165) is 12.8 Å². The molecule has 0 spiro atoms. The van der Waals surface area contributed by atoms with Crippen LogP contribution in [-0.4, -0.2) is 11.6 Å². The number of hydrogen-bond donors (Lipinski definition) is 0. The van der Waals surface area contributed by atoms with Gasteiger partial charge in [-0.1, -0.05) is 25.5 Å². The van der Waals surface area contributed by atoms with Gasteiger partial charge < -0.3 is 4.79 Å². The standard InChI is InChI=1S/C17H28O2/c1-6-15-16(10-8-12(3)18)11(2)7-9-17(15)13(4)14(5)19/h6,11,13,16-17H,7-10H2,1-5H3/b15-6+/t11-,13?,16+,17?/m1/s1. The van der Waals surface area contributed by atoms with Gasteiger partial charge in [-0.2, -0.15) is 0 Å². The number of carbonyl (C=O) groups excluding carboxylic acids is 2. The van der Waals surface area contributed by atoms with E-state index >= 15 is 0 Å². The van der Waals surface area contributed by atoms with Crippen molar-refractivity contribution < 1.29 is 9.59 Å². The number of ketones is 2. The second-order valence-corrected chi connectivity index (χ2v) is 6.20. The molecule has 0 aromatic heterocycles. The van der Waals surface area contributed by atoms with E-state index in [1.54, 1.807) is 13.8 Å². The third-order valence-corrected chi connectivity index (χ3v) is 4.86. The molecule has 0 radical (unpaired) electrons. The normalized spacial score (nSPS) is 31.2. The van der Waals surface area contributed by atoms with Crippen LogP contribution in [0.1, 0.15) is 60.3 Å². The Balaban J connectivity index is 2.88. The monoisotopic (exact) mass is 264 g/mol. The lowest BCUT2D eigenvalue weighted by Crippen LogP contribution is -2.32. The topological polar surface area (TPSA) is 34.1 Å². The molecule has 0 amide bonds. The Morgan fingerprint density at radius 2 is 1.95 bits per heavy atom. The number of rotatable bonds is 5. The predicted molar refractivity (Wildman–Crippen MR) is 78.9 cm³/mol. The molecule has 1 aliphatic rings. The molecule has 2 nitrogen and oxygen atoms in total. The summed E-state index contributed by atoms with van der Waals surface area (Å²) in [6, 6.07) is 0. The lowest BCUT2D eigenvalue weighted by atomic mass is 9.65. The molecule has 0 aromatic carbocycles. The molecule has 1 aliphatic carbocycles. The van der Waals surface area contributed by atoms with Gasteiger partial charge in [0.2, 0.25) is 0 Å². The van der Waals surface area contributed by atoms with Gasteiger partial charge in [0.15, 0.2) is 0 Å². The summed E-state index contributed by atoms with van der Waals surface area (Å²) in [5.41, 5.74) is 1.42. The van der Waals surface area contributed by atoms with E-state index in [2.05, 4.69) is 26.8 Å². The molecule has 19 heavy (non-hydrogen) atoms. The Labute approximate surface area is 117 Å². The van der Waals surface area contributed by atoms with Crippen molar-refractivity contribution in [3.05, 3.63) is 11.6 Å². The maximum Gasteiger partial charge on any atom is 0.133 e. The molecule has 0 bridgehead atoms. The fourth-order valence-electron chi connectivity index (χ4n) is 3.47. The van der Waals surface area contributed by atoms with Crippen LogP contribution in [0.2, 0.25) is 0 Å². The highest BCUT2D eigenvalue weighted by molar-refractivity contribution is 5.78. The maximum absolute atomic E-state index is 11.7. The summed E-state index contributed by atoms with van der Waals surface area (Å²) in [5, 5.41) is 0. The van der Waals surface area contributed by atoms with Gasteiger partial charge in [0, 0.05) is 12.3 Å². The van der Waals surface area contributed by atoms with Crippen molar-refractivity contribution in [1.29, 1.82) is 0 Å². The minimum atomic E-state index is 0.110. The molecule has 1 fully saturated rings. The molecule has 0 aliphatic heterocycles. The minimum absolute atomic E-state index is 0.110. The smallest absolute Gasteiger partial charge is 0.133 e. The highest BCUT2D eigenvalue weighted by atomic mass is 16.1. The molecule has 4 atom stereocenters. The molecular formula is C17H28O2. The Morgan fingerprint density at radius 1 is 1.32 bits per heavy atom. The Hall–Kier alpha value is -0.920. The summed E-state index contributed by atoms with van der Waals surface area (Å²) in [7, 11) is 0. The molecule has 0 N–H and O–H groups in total. The van der Waals surface area contributed by atoms with Crippen molar-refractivity contribution in [1.82, 2.24) is 0 Å². The van der Waals surface area contributed by atoms with E-state index in [0.29, 0.717) is 24.2 Å². The van der Waals surface area contributed by atoms with E-state index < -0.39 is 0 Å². The highest BCUT2D eigenvalue weighted by Crippen LogP contribution is 2.43. The maximum atomic E-state index is 11.7. The molecule has 1 saturated carbocycles. The van der Waals surface area contributed by atoms with Crippen molar-refractivity contribution in [3.8, 4) is 0 Å².